The Morgan fingerprint density at radius 2 is 0.562 bits per heavy atom. The zero-order valence-corrected chi connectivity index (χ0v) is 69.1. The number of pyridine rings is 12. The molecule has 0 atom stereocenters. The fourth-order valence-electron chi connectivity index (χ4n) is 11.7. The van der Waals surface area contributed by atoms with E-state index in [4.69, 9.17) is 46.4 Å². The molecule has 0 spiro atoms. The minimum absolute atomic E-state index is 0.0325. The standard InChI is InChI=1S/4C23H16ClN5O3/c24-16-8-11-19(26-14-16)28-23(32)21-18(4-3-12-25-21)27-22(31)15-6-9-17(10-7-15)29-13-2-1-5-20(29)30;24-16-8-11-19(26-14-16)27-23(32)18-4-3-12-25-21(18)28-22(31)15-6-9-17(10-7-15)29-13-2-1-5-20(29)30;24-16-6-9-20(26-13-16)28-23(32)18-14-25-11-10-19(18)27-22(31)15-4-7-17(8-5-15)29-12-2-1-3-21(29)30;24-16-6-9-20(26-13-16)28-23(32)18-10-11-25-14-19(18)27-22(31)15-4-7-17(8-5-15)29-12-2-1-3-21(29)30/h1-14H,(H,27,31)(H,26,28,32);1-14H,(H,25,28,31)(H,26,27,32);1-14H,(H,25,27,31)(H,26,28,32);1-14H,(H,27,31)(H,26,28,32). The normalized spacial score (nSPS) is 10.4. The molecule has 0 bridgehead atoms. The van der Waals surface area contributed by atoms with Crippen molar-refractivity contribution in [2.75, 3.05) is 42.5 Å². The van der Waals surface area contributed by atoms with Crippen molar-refractivity contribution in [1.29, 1.82) is 0 Å². The van der Waals surface area contributed by atoms with E-state index in [1.165, 1.54) is 117 Å². The molecule has 12 aromatic heterocycles. The first-order valence-electron chi connectivity index (χ1n) is 37.9. The summed E-state index contributed by atoms with van der Waals surface area (Å²) < 4.78 is 5.87. The van der Waals surface area contributed by atoms with Gasteiger partial charge in [0.1, 0.15) is 29.1 Å². The first-order chi connectivity index (χ1) is 62.0. The molecule has 0 fully saturated rings. The monoisotopic (exact) mass is 1780 g/mol. The zero-order valence-electron chi connectivity index (χ0n) is 66.1. The largest absolute Gasteiger partial charge is 0.321 e. The molecule has 8 amide bonds. The van der Waals surface area contributed by atoms with E-state index in [2.05, 4.69) is 82.4 Å². The highest BCUT2D eigenvalue weighted by Crippen LogP contribution is 2.25. The summed E-state index contributed by atoms with van der Waals surface area (Å²) in [6, 6.07) is 67.5. The first kappa shape index (κ1) is 88.6. The van der Waals surface area contributed by atoms with Crippen LogP contribution >= 0.6 is 46.4 Å². The number of carbonyl (C=O) groups excluding carboxylic acids is 8. The van der Waals surface area contributed by atoms with Crippen LogP contribution in [0.2, 0.25) is 20.1 Å². The fraction of sp³-hybridized carbons (Fsp3) is 0. The van der Waals surface area contributed by atoms with E-state index in [9.17, 15) is 57.5 Å². The first-order valence-corrected chi connectivity index (χ1v) is 39.4. The van der Waals surface area contributed by atoms with Crippen LogP contribution in [0.25, 0.3) is 22.7 Å². The van der Waals surface area contributed by atoms with Gasteiger partial charge in [0.25, 0.3) is 69.5 Å². The van der Waals surface area contributed by atoms with Crippen LogP contribution in [0.5, 0.6) is 0 Å². The highest BCUT2D eigenvalue weighted by Gasteiger charge is 2.22. The lowest BCUT2D eigenvalue weighted by Crippen LogP contribution is -2.20. The number of carbonyl (C=O) groups is 8. The molecule has 128 heavy (non-hydrogen) atoms. The quantitative estimate of drug-likeness (QED) is 0.0351. The second kappa shape index (κ2) is 42.5. The van der Waals surface area contributed by atoms with Crippen LogP contribution in [0, 0.1) is 0 Å². The highest BCUT2D eigenvalue weighted by molar-refractivity contribution is 6.31. The van der Waals surface area contributed by atoms with Gasteiger partial charge in [-0.1, -0.05) is 70.7 Å². The molecule has 0 aliphatic heterocycles. The van der Waals surface area contributed by atoms with E-state index in [-0.39, 0.29) is 61.8 Å². The Morgan fingerprint density at radius 1 is 0.234 bits per heavy atom. The van der Waals surface area contributed by atoms with Gasteiger partial charge < -0.3 is 42.5 Å². The average molecular weight is 1780 g/mol. The van der Waals surface area contributed by atoms with Crippen LogP contribution in [0.15, 0.2) is 361 Å². The molecule has 0 saturated carbocycles. The molecule has 632 valence electrons. The Balaban J connectivity index is 0.000000146. The molecule has 0 saturated heterocycles. The summed E-state index contributed by atoms with van der Waals surface area (Å²) >= 11 is 23.2. The fourth-order valence-corrected chi connectivity index (χ4v) is 12.1. The maximum absolute atomic E-state index is 12.7. The number of benzene rings is 4. The van der Waals surface area contributed by atoms with E-state index in [0.29, 0.717) is 94.1 Å². The van der Waals surface area contributed by atoms with Gasteiger partial charge in [-0.3, -0.25) is 85.8 Å². The summed E-state index contributed by atoms with van der Waals surface area (Å²) in [5.41, 5.74) is 4.60. The van der Waals surface area contributed by atoms with Crippen LogP contribution in [0.4, 0.5) is 46.2 Å². The summed E-state index contributed by atoms with van der Waals surface area (Å²) in [6.07, 6.45) is 20.8. The molecule has 0 aliphatic carbocycles. The predicted molar refractivity (Wildman–Crippen MR) is 486 cm³/mol. The van der Waals surface area contributed by atoms with E-state index in [1.54, 1.807) is 243 Å². The van der Waals surface area contributed by atoms with Gasteiger partial charge in [0.15, 0.2) is 5.69 Å². The topological polar surface area (TPSA) is 424 Å². The van der Waals surface area contributed by atoms with E-state index >= 15 is 0 Å². The van der Waals surface area contributed by atoms with Crippen molar-refractivity contribution in [2.24, 2.45) is 0 Å². The predicted octanol–water partition coefficient (Wildman–Crippen LogP) is 15.1. The van der Waals surface area contributed by atoms with E-state index in [0.717, 1.165) is 0 Å². The van der Waals surface area contributed by atoms with Crippen molar-refractivity contribution in [3.63, 3.8) is 0 Å². The van der Waals surface area contributed by atoms with Crippen molar-refractivity contribution in [2.45, 2.75) is 0 Å². The number of nitrogens with one attached hydrogen (secondary N) is 8. The van der Waals surface area contributed by atoms with Gasteiger partial charge in [0.05, 0.1) is 60.0 Å². The minimum atomic E-state index is -0.533. The van der Waals surface area contributed by atoms with Crippen molar-refractivity contribution in [3.8, 4) is 22.7 Å². The van der Waals surface area contributed by atoms with Crippen molar-refractivity contribution in [3.05, 3.63) is 448 Å². The number of rotatable bonds is 20. The Bertz CT molecular complexity index is 6180. The molecule has 16 aromatic rings. The second-order valence-electron chi connectivity index (χ2n) is 26.5. The zero-order chi connectivity index (χ0) is 90.0. The molecular weight excluding hydrogens is 1720 g/mol. The lowest BCUT2D eigenvalue weighted by atomic mass is 10.1. The smallest absolute Gasteiger partial charge is 0.277 e. The average Bonchev–Trinajstić information content (AvgIpc) is 0.829. The Morgan fingerprint density at radius 3 is 0.945 bits per heavy atom. The van der Waals surface area contributed by atoms with E-state index < -0.39 is 47.3 Å². The highest BCUT2D eigenvalue weighted by atomic mass is 35.5. The van der Waals surface area contributed by atoms with E-state index in [1.807, 2.05) is 0 Å². The molecule has 32 nitrogen and oxygen atoms in total. The molecule has 36 heteroatoms. The van der Waals surface area contributed by atoms with Crippen molar-refractivity contribution >= 4 is 140 Å². The van der Waals surface area contributed by atoms with Crippen molar-refractivity contribution < 1.29 is 38.4 Å². The summed E-state index contributed by atoms with van der Waals surface area (Å²) in [6.45, 7) is 0. The molecule has 0 aliphatic rings. The van der Waals surface area contributed by atoms with Gasteiger partial charge in [-0.05, 0) is 206 Å². The number of hydrogen-bond donors (Lipinski definition) is 8. The third kappa shape index (κ3) is 23.7. The third-order valence-corrected chi connectivity index (χ3v) is 18.9. The van der Waals surface area contributed by atoms with Gasteiger partial charge in [0.2, 0.25) is 0 Å². The number of amides is 8. The molecule has 0 unspecified atom stereocenters. The van der Waals surface area contributed by atoms with Crippen LogP contribution in [0.1, 0.15) is 83.0 Å². The Kier molecular flexibility index (Phi) is 29.4. The van der Waals surface area contributed by atoms with Gasteiger partial charge in [-0.15, -0.1) is 0 Å². The number of anilines is 8. The van der Waals surface area contributed by atoms with Crippen LogP contribution in [0.3, 0.4) is 0 Å². The molecule has 8 N–H and O–H groups in total. The Hall–Kier alpha value is -17.2. The lowest BCUT2D eigenvalue weighted by molar-refractivity contribution is 0.100. The molecule has 4 aromatic carbocycles. The van der Waals surface area contributed by atoms with Gasteiger partial charge in [0, 0.05) is 150 Å². The van der Waals surface area contributed by atoms with Gasteiger partial charge in [-0.2, -0.15) is 0 Å². The number of nitrogens with zero attached hydrogens (tertiary/aromatic N) is 12. The van der Waals surface area contributed by atoms with Crippen LogP contribution in [-0.4, -0.2) is 105 Å². The lowest BCUT2D eigenvalue weighted by Gasteiger charge is -2.11. The van der Waals surface area contributed by atoms with Crippen LogP contribution in [-0.2, 0) is 0 Å². The SMILES string of the molecule is O=C(Nc1cccnc1C(=O)Nc1ccc(Cl)cn1)c1ccc(-n2ccccc2=O)cc1.O=C(Nc1ccncc1C(=O)Nc1ccc(Cl)cn1)c1ccc(-n2ccccc2=O)cc1.O=C(Nc1cnccc1C(=O)Nc1ccc(Cl)cn1)c1ccc(-n2ccccc2=O)cc1.O=C(Nc1ncccc1C(=O)Nc1ccc(Cl)cn1)c1ccc(-n2ccccc2=O)cc1. The van der Waals surface area contributed by atoms with Crippen LogP contribution < -0.4 is 64.8 Å². The van der Waals surface area contributed by atoms with Crippen molar-refractivity contribution in [1.82, 2.24) is 58.1 Å². The number of hydrogen-bond acceptors (Lipinski definition) is 20. The summed E-state index contributed by atoms with van der Waals surface area (Å²) in [4.78, 5) is 182. The summed E-state index contributed by atoms with van der Waals surface area (Å²) in [7, 11) is 0. The number of aromatic nitrogens is 12. The molecular formula is C92H64Cl4N20O12. The van der Waals surface area contributed by atoms with Gasteiger partial charge in [-0.25, -0.2) is 29.9 Å². The molecule has 0 radical (unpaired) electrons. The maximum Gasteiger partial charge on any atom is 0.277 e. The minimum Gasteiger partial charge on any atom is -0.321 e. The second-order valence-corrected chi connectivity index (χ2v) is 28.3. The molecule has 16 rings (SSSR count). The molecule has 12 heterocycles. The Labute approximate surface area is 744 Å². The number of halogens is 4. The van der Waals surface area contributed by atoms with Gasteiger partial charge >= 0.3 is 0 Å². The summed E-state index contributed by atoms with van der Waals surface area (Å²) in [5, 5.41) is 23.1. The third-order valence-electron chi connectivity index (χ3n) is 18.0. The summed E-state index contributed by atoms with van der Waals surface area (Å²) in [5.74, 6) is -2.33. The maximum atomic E-state index is 12.7.